The summed E-state index contributed by atoms with van der Waals surface area (Å²) in [6.07, 6.45) is 5.45. The van der Waals surface area contributed by atoms with Gasteiger partial charge < -0.3 is 39.9 Å². The minimum absolute atomic E-state index is 0.155. The highest BCUT2D eigenvalue weighted by atomic mass is 16.6. The second-order valence-electron chi connectivity index (χ2n) is 17.0. The number of hydrogen-bond acceptors (Lipinski definition) is 8. The number of amides is 4. The number of ether oxygens (including phenoxy) is 2. The summed E-state index contributed by atoms with van der Waals surface area (Å²) in [4.78, 5) is 73.3. The first-order valence-electron chi connectivity index (χ1n) is 22.0. The van der Waals surface area contributed by atoms with Crippen molar-refractivity contribution in [3.63, 3.8) is 0 Å². The lowest BCUT2D eigenvalue weighted by Crippen LogP contribution is -2.51. The zero-order valence-corrected chi connectivity index (χ0v) is 36.5. The zero-order valence-electron chi connectivity index (χ0n) is 36.5. The first kappa shape index (κ1) is 43.4. The molecular weight excluding hydrogens is 809 g/mol. The molecule has 0 aliphatic carbocycles. The SMILES string of the molecule is CC(C)C(NC(=O)Oc1ccccc1)C(=O)N1CCCC1c1ncc(-c2ccc(-c3ccc(-c4cnc(C5CCCN5C(=O)C(NC(=O)Oc5ccccc5)C(C)C)[nH]4)cc3)cc2)[nH]1. The van der Waals surface area contributed by atoms with Crippen LogP contribution in [-0.2, 0) is 9.59 Å². The van der Waals surface area contributed by atoms with Gasteiger partial charge in [-0.3, -0.25) is 9.59 Å². The largest absolute Gasteiger partial charge is 0.413 e. The molecule has 6 aromatic rings. The zero-order chi connectivity index (χ0) is 44.7. The number of nitrogens with zero attached hydrogens (tertiary/aromatic N) is 4. The van der Waals surface area contributed by atoms with Crippen molar-refractivity contribution >= 4 is 24.0 Å². The van der Waals surface area contributed by atoms with Crippen molar-refractivity contribution in [2.75, 3.05) is 13.1 Å². The van der Waals surface area contributed by atoms with Gasteiger partial charge in [0.1, 0.15) is 35.2 Å². The maximum absolute atomic E-state index is 13.9. The van der Waals surface area contributed by atoms with Gasteiger partial charge in [-0.05, 0) is 84.0 Å². The molecule has 64 heavy (non-hydrogen) atoms. The van der Waals surface area contributed by atoms with Crippen LogP contribution < -0.4 is 20.1 Å². The number of aromatic nitrogens is 4. The Hall–Kier alpha value is -7.22. The van der Waals surface area contributed by atoms with Gasteiger partial charge in [-0.1, -0.05) is 113 Å². The third-order valence-electron chi connectivity index (χ3n) is 11.9. The van der Waals surface area contributed by atoms with Gasteiger partial charge in [0.15, 0.2) is 0 Å². The summed E-state index contributed by atoms with van der Waals surface area (Å²) in [6.45, 7) is 8.77. The lowest BCUT2D eigenvalue weighted by Gasteiger charge is -2.30. The Bertz CT molecular complexity index is 2360. The average molecular weight is 863 g/mol. The number of H-pyrrole nitrogens is 2. The molecule has 8 rings (SSSR count). The molecule has 4 atom stereocenters. The van der Waals surface area contributed by atoms with Crippen LogP contribution in [0.4, 0.5) is 9.59 Å². The molecule has 2 aromatic heterocycles. The highest BCUT2D eigenvalue weighted by molar-refractivity contribution is 5.88. The Morgan fingerprint density at radius 1 is 0.547 bits per heavy atom. The normalized spacial score (nSPS) is 17.0. The Labute approximate surface area is 372 Å². The lowest BCUT2D eigenvalue weighted by atomic mass is 10.0. The van der Waals surface area contributed by atoms with Crippen LogP contribution >= 0.6 is 0 Å². The summed E-state index contributed by atoms with van der Waals surface area (Å²) < 4.78 is 10.8. The van der Waals surface area contributed by atoms with Gasteiger partial charge in [-0.15, -0.1) is 0 Å². The molecule has 4 N–H and O–H groups in total. The molecule has 14 nitrogen and oxygen atoms in total. The molecule has 0 saturated carbocycles. The van der Waals surface area contributed by atoms with E-state index in [1.807, 2.05) is 49.6 Å². The number of nitrogens with one attached hydrogen (secondary N) is 4. The van der Waals surface area contributed by atoms with E-state index in [0.29, 0.717) is 36.2 Å². The molecule has 14 heteroatoms. The van der Waals surface area contributed by atoms with Crippen LogP contribution in [0.2, 0.25) is 0 Å². The number of aromatic amines is 2. The minimum Gasteiger partial charge on any atom is -0.410 e. The van der Waals surface area contributed by atoms with Gasteiger partial charge in [0, 0.05) is 13.1 Å². The van der Waals surface area contributed by atoms with Crippen LogP contribution in [0.25, 0.3) is 33.6 Å². The van der Waals surface area contributed by atoms with E-state index in [2.05, 4.69) is 69.1 Å². The fraction of sp³-hybridized carbons (Fsp3) is 0.320. The molecule has 0 bridgehead atoms. The number of imidazole rings is 2. The second-order valence-corrected chi connectivity index (χ2v) is 17.0. The van der Waals surface area contributed by atoms with Crippen LogP contribution in [0.3, 0.4) is 0 Å². The fourth-order valence-corrected chi connectivity index (χ4v) is 8.51. The molecule has 4 unspecified atom stereocenters. The second kappa shape index (κ2) is 19.4. The third-order valence-corrected chi connectivity index (χ3v) is 11.9. The molecule has 0 radical (unpaired) electrons. The molecule has 2 aliphatic heterocycles. The quantitative estimate of drug-likeness (QED) is 0.0890. The number of benzene rings is 4. The molecule has 2 aliphatic rings. The van der Waals surface area contributed by atoms with E-state index >= 15 is 0 Å². The van der Waals surface area contributed by atoms with E-state index in [-0.39, 0.29) is 35.7 Å². The highest BCUT2D eigenvalue weighted by Crippen LogP contribution is 2.35. The summed E-state index contributed by atoms with van der Waals surface area (Å²) in [5.74, 6) is 1.60. The maximum Gasteiger partial charge on any atom is 0.413 e. The van der Waals surface area contributed by atoms with Crippen molar-refractivity contribution in [1.82, 2.24) is 40.4 Å². The molecule has 4 aromatic carbocycles. The highest BCUT2D eigenvalue weighted by Gasteiger charge is 2.39. The first-order valence-corrected chi connectivity index (χ1v) is 22.0. The topological polar surface area (TPSA) is 175 Å². The van der Waals surface area contributed by atoms with E-state index in [0.717, 1.165) is 59.3 Å². The van der Waals surface area contributed by atoms with Crippen molar-refractivity contribution < 1.29 is 28.7 Å². The van der Waals surface area contributed by atoms with E-state index in [4.69, 9.17) is 19.4 Å². The van der Waals surface area contributed by atoms with Gasteiger partial charge in [0.05, 0.1) is 35.9 Å². The van der Waals surface area contributed by atoms with Crippen molar-refractivity contribution in [2.24, 2.45) is 11.8 Å². The molecular formula is C50H54N8O6. The van der Waals surface area contributed by atoms with Crippen molar-refractivity contribution in [1.29, 1.82) is 0 Å². The van der Waals surface area contributed by atoms with Crippen molar-refractivity contribution in [3.8, 4) is 45.1 Å². The van der Waals surface area contributed by atoms with Gasteiger partial charge in [-0.2, -0.15) is 0 Å². The monoisotopic (exact) mass is 862 g/mol. The number of carbonyl (C=O) groups excluding carboxylic acids is 4. The van der Waals surface area contributed by atoms with Crippen LogP contribution in [0.15, 0.2) is 122 Å². The molecule has 4 heterocycles. The summed E-state index contributed by atoms with van der Waals surface area (Å²) in [5, 5.41) is 5.59. The Balaban J connectivity index is 0.884. The molecule has 2 fully saturated rings. The lowest BCUT2D eigenvalue weighted by molar-refractivity contribution is -0.136. The molecule has 330 valence electrons. The number of rotatable bonds is 13. The number of likely N-dealkylation sites (tertiary alicyclic amines) is 2. The van der Waals surface area contributed by atoms with E-state index in [1.165, 1.54) is 0 Å². The van der Waals surface area contributed by atoms with E-state index in [9.17, 15) is 19.2 Å². The number of para-hydroxylation sites is 2. The Morgan fingerprint density at radius 3 is 1.27 bits per heavy atom. The van der Waals surface area contributed by atoms with Gasteiger partial charge in [0.2, 0.25) is 11.8 Å². The number of hydrogen-bond donors (Lipinski definition) is 4. The Morgan fingerprint density at radius 2 is 0.906 bits per heavy atom. The predicted molar refractivity (Wildman–Crippen MR) is 243 cm³/mol. The summed E-state index contributed by atoms with van der Waals surface area (Å²) in [5.41, 5.74) is 5.72. The first-order chi connectivity index (χ1) is 31.0. The summed E-state index contributed by atoms with van der Waals surface area (Å²) in [7, 11) is 0. The van der Waals surface area contributed by atoms with Crippen molar-refractivity contribution in [3.05, 3.63) is 133 Å². The fourth-order valence-electron chi connectivity index (χ4n) is 8.51. The van der Waals surface area contributed by atoms with Crippen LogP contribution in [0.1, 0.15) is 77.1 Å². The van der Waals surface area contributed by atoms with E-state index < -0.39 is 24.3 Å². The van der Waals surface area contributed by atoms with Crippen LogP contribution in [-0.4, -0.2) is 78.9 Å². The van der Waals surface area contributed by atoms with Gasteiger partial charge >= 0.3 is 12.2 Å². The maximum atomic E-state index is 13.9. The average Bonchev–Trinajstić information content (AvgIpc) is 4.15. The summed E-state index contributed by atoms with van der Waals surface area (Å²) in [6, 6.07) is 32.1. The summed E-state index contributed by atoms with van der Waals surface area (Å²) >= 11 is 0. The van der Waals surface area contributed by atoms with Crippen LogP contribution in [0.5, 0.6) is 11.5 Å². The Kier molecular flexibility index (Phi) is 13.2. The molecule has 2 saturated heterocycles. The molecule has 0 spiro atoms. The predicted octanol–water partition coefficient (Wildman–Crippen LogP) is 9.09. The third kappa shape index (κ3) is 9.86. The van der Waals surface area contributed by atoms with Gasteiger partial charge in [0.25, 0.3) is 0 Å². The standard InChI is InChI=1S/C50H54N8O6/c1-31(2)43(55-49(61)63-37-13-7-5-8-14-37)47(59)57-27-11-17-41(57)45-51-29-39(53-45)35-23-19-33(20-24-35)34-21-25-36(26-22-34)40-30-52-46(54-40)42-18-12-28-58(42)48(60)44(32(3)4)56-50(62)64-38-15-9-6-10-16-38/h5-10,13-16,19-26,29-32,41-44H,11-12,17-18,27-28H2,1-4H3,(H,51,53)(H,52,54)(H,55,61)(H,56,62). The van der Waals surface area contributed by atoms with Crippen LogP contribution in [0, 0.1) is 11.8 Å². The number of carbonyl (C=O) groups is 4. The molecule has 4 amide bonds. The van der Waals surface area contributed by atoms with Gasteiger partial charge in [-0.25, -0.2) is 19.6 Å². The van der Waals surface area contributed by atoms with E-state index in [1.54, 1.807) is 60.9 Å². The smallest absolute Gasteiger partial charge is 0.410 e. The minimum atomic E-state index is -0.752. The van der Waals surface area contributed by atoms with Crippen molar-refractivity contribution in [2.45, 2.75) is 77.5 Å².